The Labute approximate surface area is 113 Å². The molecule has 0 fully saturated rings. The largest absolute Gasteiger partial charge is 0.496 e. The van der Waals surface area contributed by atoms with Crippen LogP contribution in [0.4, 0.5) is 4.39 Å². The molecule has 0 amide bonds. The third-order valence-electron chi connectivity index (χ3n) is 2.51. The van der Waals surface area contributed by atoms with Crippen LogP contribution >= 0.6 is 15.9 Å². The van der Waals surface area contributed by atoms with Crippen LogP contribution in [0.5, 0.6) is 5.75 Å². The molecule has 0 unspecified atom stereocenters. The highest BCUT2D eigenvalue weighted by molar-refractivity contribution is 9.10. The van der Waals surface area contributed by atoms with Crippen LogP contribution in [0.15, 0.2) is 46.9 Å². The lowest BCUT2D eigenvalue weighted by molar-refractivity contribution is 0.103. The zero-order valence-corrected chi connectivity index (χ0v) is 11.2. The number of rotatable bonds is 3. The van der Waals surface area contributed by atoms with Crippen molar-refractivity contribution in [3.05, 3.63) is 63.9 Å². The number of halogens is 2. The molecule has 0 bridgehead atoms. The van der Waals surface area contributed by atoms with Crippen molar-refractivity contribution in [1.29, 1.82) is 0 Å². The maximum atomic E-state index is 13.2. The summed E-state index contributed by atoms with van der Waals surface area (Å²) in [6, 6.07) is 10.8. The molecule has 2 rings (SSSR count). The van der Waals surface area contributed by atoms with Crippen LogP contribution in [0.1, 0.15) is 15.9 Å². The monoisotopic (exact) mass is 308 g/mol. The number of benzene rings is 2. The van der Waals surface area contributed by atoms with E-state index < -0.39 is 5.82 Å². The first kappa shape index (κ1) is 12.8. The van der Waals surface area contributed by atoms with Gasteiger partial charge in [-0.25, -0.2) is 4.39 Å². The van der Waals surface area contributed by atoms with Crippen molar-refractivity contribution >= 4 is 21.7 Å². The van der Waals surface area contributed by atoms with Gasteiger partial charge in [0, 0.05) is 10.0 Å². The number of carbonyl (C=O) groups excluding carboxylic acids is 1. The minimum Gasteiger partial charge on any atom is -0.496 e. The number of hydrogen-bond acceptors (Lipinski definition) is 2. The minimum absolute atomic E-state index is 0.222. The van der Waals surface area contributed by atoms with Crippen molar-refractivity contribution in [2.75, 3.05) is 7.11 Å². The first-order valence-corrected chi connectivity index (χ1v) is 6.05. The molecule has 2 nitrogen and oxygen atoms in total. The molecule has 0 aliphatic rings. The lowest BCUT2D eigenvalue weighted by Crippen LogP contribution is -2.04. The van der Waals surface area contributed by atoms with Crippen LogP contribution in [0, 0.1) is 5.82 Å². The Morgan fingerprint density at radius 1 is 1.17 bits per heavy atom. The van der Waals surface area contributed by atoms with Crippen LogP contribution in [0.3, 0.4) is 0 Å². The fraction of sp³-hybridized carbons (Fsp3) is 0.0714. The predicted octanol–water partition coefficient (Wildman–Crippen LogP) is 3.83. The van der Waals surface area contributed by atoms with E-state index in [9.17, 15) is 9.18 Å². The van der Waals surface area contributed by atoms with Gasteiger partial charge in [0.2, 0.25) is 0 Å². The van der Waals surface area contributed by atoms with Crippen molar-refractivity contribution in [3.8, 4) is 5.75 Å². The van der Waals surface area contributed by atoms with Gasteiger partial charge in [-0.1, -0.05) is 15.9 Å². The Kier molecular flexibility index (Phi) is 3.77. The highest BCUT2D eigenvalue weighted by Crippen LogP contribution is 2.23. The summed E-state index contributed by atoms with van der Waals surface area (Å²) in [4.78, 5) is 12.2. The average Bonchev–Trinajstić information content (AvgIpc) is 2.39. The maximum Gasteiger partial charge on any atom is 0.196 e. The Morgan fingerprint density at radius 2 is 1.83 bits per heavy atom. The van der Waals surface area contributed by atoms with Crippen LogP contribution in [-0.2, 0) is 0 Å². The lowest BCUT2D eigenvalue weighted by atomic mass is 10.0. The van der Waals surface area contributed by atoms with Crippen LogP contribution in [0.2, 0.25) is 0 Å². The SMILES string of the molecule is COc1ccc(F)cc1C(=O)c1ccc(Br)cc1. The molecule has 0 N–H and O–H groups in total. The molecule has 0 spiro atoms. The van der Waals surface area contributed by atoms with Crippen molar-refractivity contribution in [3.63, 3.8) is 0 Å². The summed E-state index contributed by atoms with van der Waals surface area (Å²) in [6.07, 6.45) is 0. The molecule has 92 valence electrons. The Morgan fingerprint density at radius 3 is 2.44 bits per heavy atom. The van der Waals surface area contributed by atoms with E-state index in [0.717, 1.165) is 4.47 Å². The van der Waals surface area contributed by atoms with Crippen LogP contribution in [0.25, 0.3) is 0 Å². The van der Waals surface area contributed by atoms with E-state index in [1.807, 2.05) is 0 Å². The maximum absolute atomic E-state index is 13.2. The molecule has 0 aliphatic carbocycles. The third kappa shape index (κ3) is 2.59. The Balaban J connectivity index is 2.45. The lowest BCUT2D eigenvalue weighted by Gasteiger charge is -2.07. The highest BCUT2D eigenvalue weighted by atomic mass is 79.9. The molecule has 0 atom stereocenters. The van der Waals surface area contributed by atoms with Gasteiger partial charge in [-0.3, -0.25) is 4.79 Å². The summed E-state index contributed by atoms with van der Waals surface area (Å²) in [6.45, 7) is 0. The molecule has 2 aromatic rings. The highest BCUT2D eigenvalue weighted by Gasteiger charge is 2.15. The van der Waals surface area contributed by atoms with Crippen LogP contribution < -0.4 is 4.74 Å². The molecule has 4 heteroatoms. The third-order valence-corrected chi connectivity index (χ3v) is 3.04. The average molecular weight is 309 g/mol. The molecule has 0 heterocycles. The van der Waals surface area contributed by atoms with Crippen LogP contribution in [-0.4, -0.2) is 12.9 Å². The molecule has 18 heavy (non-hydrogen) atoms. The van der Waals surface area contributed by atoms with Gasteiger partial charge in [0.05, 0.1) is 12.7 Å². The summed E-state index contributed by atoms with van der Waals surface area (Å²) < 4.78 is 19.2. The molecule has 0 aromatic heterocycles. The molecular formula is C14H10BrFO2. The topological polar surface area (TPSA) is 26.3 Å². The second kappa shape index (κ2) is 5.31. The summed E-state index contributed by atoms with van der Waals surface area (Å²) in [5.41, 5.74) is 0.710. The summed E-state index contributed by atoms with van der Waals surface area (Å²) >= 11 is 3.29. The second-order valence-corrected chi connectivity index (χ2v) is 4.60. The number of methoxy groups -OCH3 is 1. The number of ketones is 1. The van der Waals surface area contributed by atoms with Crippen molar-refractivity contribution < 1.29 is 13.9 Å². The van der Waals surface area contributed by atoms with Gasteiger partial charge >= 0.3 is 0 Å². The minimum atomic E-state index is -0.462. The molecule has 0 aliphatic heterocycles. The zero-order chi connectivity index (χ0) is 13.1. The fourth-order valence-electron chi connectivity index (χ4n) is 1.61. The number of hydrogen-bond donors (Lipinski definition) is 0. The van der Waals surface area contributed by atoms with Gasteiger partial charge in [0.25, 0.3) is 0 Å². The Hall–Kier alpha value is -1.68. The van der Waals surface area contributed by atoms with E-state index in [1.54, 1.807) is 24.3 Å². The molecule has 0 saturated carbocycles. The normalized spacial score (nSPS) is 10.2. The quantitative estimate of drug-likeness (QED) is 0.806. The zero-order valence-electron chi connectivity index (χ0n) is 9.61. The van der Waals surface area contributed by atoms with Crippen molar-refractivity contribution in [2.45, 2.75) is 0 Å². The van der Waals surface area contributed by atoms with Gasteiger partial charge in [-0.05, 0) is 42.5 Å². The van der Waals surface area contributed by atoms with E-state index in [2.05, 4.69) is 15.9 Å². The fourth-order valence-corrected chi connectivity index (χ4v) is 1.88. The Bertz CT molecular complexity index is 579. The van der Waals surface area contributed by atoms with Gasteiger partial charge in [0.1, 0.15) is 11.6 Å². The van der Waals surface area contributed by atoms with E-state index in [1.165, 1.54) is 25.3 Å². The molecule has 2 aromatic carbocycles. The molecule has 0 saturated heterocycles. The van der Waals surface area contributed by atoms with Gasteiger partial charge in [-0.15, -0.1) is 0 Å². The summed E-state index contributed by atoms with van der Waals surface area (Å²) in [5.74, 6) is -0.362. The summed E-state index contributed by atoms with van der Waals surface area (Å²) in [5, 5.41) is 0. The molecule has 0 radical (unpaired) electrons. The van der Waals surface area contributed by atoms with E-state index in [-0.39, 0.29) is 11.3 Å². The summed E-state index contributed by atoms with van der Waals surface area (Å²) in [7, 11) is 1.45. The smallest absolute Gasteiger partial charge is 0.196 e. The first-order chi connectivity index (χ1) is 8.61. The van der Waals surface area contributed by atoms with Crippen molar-refractivity contribution in [1.82, 2.24) is 0 Å². The second-order valence-electron chi connectivity index (χ2n) is 3.68. The van der Waals surface area contributed by atoms with Gasteiger partial charge in [0.15, 0.2) is 5.78 Å². The van der Waals surface area contributed by atoms with E-state index in [4.69, 9.17) is 4.74 Å². The standard InChI is InChI=1S/C14H10BrFO2/c1-18-13-7-6-11(16)8-12(13)14(17)9-2-4-10(15)5-3-9/h2-8H,1H3. The van der Waals surface area contributed by atoms with E-state index in [0.29, 0.717) is 11.3 Å². The molecular weight excluding hydrogens is 299 g/mol. The number of ether oxygens (including phenoxy) is 1. The van der Waals surface area contributed by atoms with Crippen molar-refractivity contribution in [2.24, 2.45) is 0 Å². The van der Waals surface area contributed by atoms with E-state index >= 15 is 0 Å². The first-order valence-electron chi connectivity index (χ1n) is 5.25. The van der Waals surface area contributed by atoms with Gasteiger partial charge < -0.3 is 4.74 Å². The van der Waals surface area contributed by atoms with Gasteiger partial charge in [-0.2, -0.15) is 0 Å². The number of carbonyl (C=O) groups is 1. The predicted molar refractivity (Wildman–Crippen MR) is 70.5 cm³/mol.